The highest BCUT2D eigenvalue weighted by Crippen LogP contribution is 2.50. The molecule has 1 aromatic carbocycles. The van der Waals surface area contributed by atoms with Crippen molar-refractivity contribution in [1.29, 1.82) is 0 Å². The van der Waals surface area contributed by atoms with Crippen molar-refractivity contribution >= 4 is 12.6 Å². The first kappa shape index (κ1) is 18.7. The van der Waals surface area contributed by atoms with Gasteiger partial charge in [0.05, 0.1) is 23.1 Å². The molecule has 144 valence electrons. The molecule has 0 radical (unpaired) electrons. The Balaban J connectivity index is 1.49. The second-order valence-corrected chi connectivity index (χ2v) is 9.03. The third kappa shape index (κ3) is 3.35. The molecule has 5 nitrogen and oxygen atoms in total. The van der Waals surface area contributed by atoms with Crippen molar-refractivity contribution in [3.05, 3.63) is 36.3 Å². The smallest absolute Gasteiger partial charge is 0.399 e. The van der Waals surface area contributed by atoms with Crippen molar-refractivity contribution in [2.75, 3.05) is 6.54 Å². The van der Waals surface area contributed by atoms with E-state index < -0.39 is 0 Å². The van der Waals surface area contributed by atoms with Crippen LogP contribution in [0.1, 0.15) is 59.2 Å². The maximum Gasteiger partial charge on any atom is 0.494 e. The molecule has 2 heterocycles. The first-order chi connectivity index (χ1) is 12.8. The van der Waals surface area contributed by atoms with Crippen LogP contribution in [0.4, 0.5) is 0 Å². The number of hydrogen-bond acceptors (Lipinski definition) is 4. The summed E-state index contributed by atoms with van der Waals surface area (Å²) < 4.78 is 12.3. The molecule has 1 aliphatic carbocycles. The van der Waals surface area contributed by atoms with Gasteiger partial charge in [0.1, 0.15) is 5.82 Å². The van der Waals surface area contributed by atoms with Crippen LogP contribution in [0.2, 0.25) is 0 Å². The molecule has 2 aliphatic rings. The normalized spacial score (nSPS) is 22.2. The minimum absolute atomic E-state index is 0.236. The van der Waals surface area contributed by atoms with Gasteiger partial charge in [0.25, 0.3) is 0 Å². The van der Waals surface area contributed by atoms with E-state index >= 15 is 0 Å². The van der Waals surface area contributed by atoms with Crippen LogP contribution in [-0.4, -0.2) is 34.8 Å². The predicted molar refractivity (Wildman–Crippen MR) is 109 cm³/mol. The second-order valence-electron chi connectivity index (χ2n) is 9.03. The van der Waals surface area contributed by atoms with Gasteiger partial charge in [-0.05, 0) is 70.9 Å². The van der Waals surface area contributed by atoms with Crippen molar-refractivity contribution in [2.45, 2.75) is 70.0 Å². The Hall–Kier alpha value is -1.63. The van der Waals surface area contributed by atoms with E-state index in [1.165, 1.54) is 12.8 Å². The number of aromatic nitrogens is 2. The number of nitrogens with zero attached hydrogens (tertiary/aromatic N) is 1. The minimum Gasteiger partial charge on any atom is -0.399 e. The highest BCUT2D eigenvalue weighted by Gasteiger charge is 2.51. The maximum atomic E-state index is 6.14. The summed E-state index contributed by atoms with van der Waals surface area (Å²) in [7, 11) is -0.327. The van der Waals surface area contributed by atoms with Crippen LogP contribution in [-0.2, 0) is 14.7 Å². The molecule has 1 saturated carbocycles. The molecule has 27 heavy (non-hydrogen) atoms. The Morgan fingerprint density at radius 3 is 2.26 bits per heavy atom. The van der Waals surface area contributed by atoms with Gasteiger partial charge in [0.2, 0.25) is 0 Å². The van der Waals surface area contributed by atoms with Crippen molar-refractivity contribution in [2.24, 2.45) is 5.73 Å². The zero-order valence-electron chi connectivity index (χ0n) is 16.8. The Morgan fingerprint density at radius 2 is 1.70 bits per heavy atom. The largest absolute Gasteiger partial charge is 0.494 e. The van der Waals surface area contributed by atoms with E-state index in [1.807, 2.05) is 6.20 Å². The molecule has 0 spiro atoms. The summed E-state index contributed by atoms with van der Waals surface area (Å²) in [5.41, 5.74) is 8.51. The summed E-state index contributed by atoms with van der Waals surface area (Å²) in [4.78, 5) is 8.21. The SMILES string of the molecule is CC1(C)OB(c2ccc(-c3cnc(C4(CCCN)CC4)[nH]3)cc2)OC1(C)C. The van der Waals surface area contributed by atoms with Gasteiger partial charge in [-0.25, -0.2) is 4.98 Å². The van der Waals surface area contributed by atoms with Crippen LogP contribution in [0, 0.1) is 0 Å². The van der Waals surface area contributed by atoms with E-state index in [2.05, 4.69) is 61.9 Å². The lowest BCUT2D eigenvalue weighted by Gasteiger charge is -2.32. The number of aromatic amines is 1. The second kappa shape index (κ2) is 6.47. The number of benzene rings is 1. The molecule has 2 fully saturated rings. The zero-order chi connectivity index (χ0) is 19.3. The van der Waals surface area contributed by atoms with Gasteiger partial charge < -0.3 is 20.0 Å². The molecule has 2 aromatic rings. The minimum atomic E-state index is -0.327. The van der Waals surface area contributed by atoms with Gasteiger partial charge in [0, 0.05) is 5.41 Å². The van der Waals surface area contributed by atoms with Crippen molar-refractivity contribution in [3.63, 3.8) is 0 Å². The van der Waals surface area contributed by atoms with E-state index in [0.717, 1.165) is 41.9 Å². The van der Waals surface area contributed by atoms with Gasteiger partial charge >= 0.3 is 7.12 Å². The highest BCUT2D eigenvalue weighted by atomic mass is 16.7. The number of imidazole rings is 1. The third-order valence-electron chi connectivity index (χ3n) is 6.54. The van der Waals surface area contributed by atoms with Crippen LogP contribution >= 0.6 is 0 Å². The zero-order valence-corrected chi connectivity index (χ0v) is 16.8. The van der Waals surface area contributed by atoms with Crippen LogP contribution in [0.3, 0.4) is 0 Å². The van der Waals surface area contributed by atoms with Crippen LogP contribution in [0.5, 0.6) is 0 Å². The van der Waals surface area contributed by atoms with Gasteiger partial charge in [-0.3, -0.25) is 0 Å². The van der Waals surface area contributed by atoms with Crippen molar-refractivity contribution in [1.82, 2.24) is 9.97 Å². The lowest BCUT2D eigenvalue weighted by Crippen LogP contribution is -2.41. The number of rotatable bonds is 6. The van der Waals surface area contributed by atoms with E-state index in [0.29, 0.717) is 0 Å². The van der Waals surface area contributed by atoms with Crippen molar-refractivity contribution in [3.8, 4) is 11.3 Å². The molecule has 6 heteroatoms. The van der Waals surface area contributed by atoms with E-state index in [1.54, 1.807) is 0 Å². The molecular weight excluding hydrogens is 337 g/mol. The fourth-order valence-electron chi connectivity index (χ4n) is 3.73. The number of H-pyrrole nitrogens is 1. The predicted octanol–water partition coefficient (Wildman–Crippen LogP) is 3.15. The molecular formula is C21H30BN3O2. The molecule has 1 aliphatic heterocycles. The summed E-state index contributed by atoms with van der Waals surface area (Å²) >= 11 is 0. The molecule has 0 atom stereocenters. The fraction of sp³-hybridized carbons (Fsp3) is 0.571. The molecule has 1 aromatic heterocycles. The fourth-order valence-corrected chi connectivity index (χ4v) is 3.73. The average molecular weight is 367 g/mol. The third-order valence-corrected chi connectivity index (χ3v) is 6.54. The van der Waals surface area contributed by atoms with E-state index in [9.17, 15) is 0 Å². The standard InChI is InChI=1S/C21H30BN3O2/c1-19(2)20(3,4)27-22(26-19)16-8-6-15(7-9-16)17-14-24-18(25-17)21(11-12-21)10-5-13-23/h6-9,14H,5,10-13,23H2,1-4H3,(H,24,25). The Morgan fingerprint density at radius 1 is 1.07 bits per heavy atom. The Labute approximate surface area is 162 Å². The quantitative estimate of drug-likeness (QED) is 0.770. The number of nitrogens with two attached hydrogens (primary N) is 1. The van der Waals surface area contributed by atoms with Gasteiger partial charge in [-0.15, -0.1) is 0 Å². The van der Waals surface area contributed by atoms with Crippen LogP contribution < -0.4 is 11.2 Å². The van der Waals surface area contributed by atoms with E-state index in [-0.39, 0.29) is 23.7 Å². The summed E-state index contributed by atoms with van der Waals surface area (Å²) in [5.74, 6) is 1.11. The summed E-state index contributed by atoms with van der Waals surface area (Å²) in [5, 5.41) is 0. The summed E-state index contributed by atoms with van der Waals surface area (Å²) in [6, 6.07) is 8.38. The lowest BCUT2D eigenvalue weighted by atomic mass is 9.79. The van der Waals surface area contributed by atoms with Gasteiger partial charge in [0.15, 0.2) is 0 Å². The number of nitrogens with one attached hydrogen (secondary N) is 1. The molecule has 1 saturated heterocycles. The topological polar surface area (TPSA) is 73.2 Å². The highest BCUT2D eigenvalue weighted by molar-refractivity contribution is 6.62. The average Bonchev–Trinajstić information content (AvgIpc) is 3.17. The first-order valence-electron chi connectivity index (χ1n) is 9.98. The summed E-state index contributed by atoms with van der Waals surface area (Å²) in [6.45, 7) is 9.05. The summed E-state index contributed by atoms with van der Waals surface area (Å²) in [6.07, 6.45) is 6.54. The molecule has 0 unspecified atom stereocenters. The first-order valence-corrected chi connectivity index (χ1v) is 9.98. The Kier molecular flexibility index (Phi) is 4.49. The van der Waals surface area contributed by atoms with Crippen LogP contribution in [0.25, 0.3) is 11.3 Å². The van der Waals surface area contributed by atoms with E-state index in [4.69, 9.17) is 15.0 Å². The number of hydrogen-bond donors (Lipinski definition) is 2. The monoisotopic (exact) mass is 367 g/mol. The Bertz CT molecular complexity index is 793. The molecule has 3 N–H and O–H groups in total. The van der Waals surface area contributed by atoms with Crippen LogP contribution in [0.15, 0.2) is 30.5 Å². The van der Waals surface area contributed by atoms with Gasteiger partial charge in [-0.2, -0.15) is 0 Å². The van der Waals surface area contributed by atoms with Gasteiger partial charge in [-0.1, -0.05) is 24.3 Å². The molecule has 4 rings (SSSR count). The molecule has 0 amide bonds. The molecule has 0 bridgehead atoms. The maximum absolute atomic E-state index is 6.14. The lowest BCUT2D eigenvalue weighted by molar-refractivity contribution is 0.00578. The van der Waals surface area contributed by atoms with Crippen molar-refractivity contribution < 1.29 is 9.31 Å².